The van der Waals surface area contributed by atoms with Crippen molar-refractivity contribution in [2.24, 2.45) is 0 Å². The molecule has 0 aliphatic carbocycles. The number of anilines is 2. The van der Waals surface area contributed by atoms with Gasteiger partial charge >= 0.3 is 6.61 Å². The van der Waals surface area contributed by atoms with Gasteiger partial charge in [0.25, 0.3) is 0 Å². The molecule has 0 bridgehead atoms. The molecule has 0 saturated carbocycles. The highest BCUT2D eigenvalue weighted by Crippen LogP contribution is 2.25. The lowest BCUT2D eigenvalue weighted by molar-refractivity contribution is -0.111. The van der Waals surface area contributed by atoms with Crippen LogP contribution in [0.3, 0.4) is 0 Å². The Labute approximate surface area is 169 Å². The number of likely N-dealkylation sites (N-methyl/N-ethyl adjacent to an activating group) is 1. The summed E-state index contributed by atoms with van der Waals surface area (Å²) in [6, 6.07) is 12.2. The van der Waals surface area contributed by atoms with Gasteiger partial charge < -0.3 is 19.9 Å². The van der Waals surface area contributed by atoms with Crippen molar-refractivity contribution in [3.8, 4) is 5.75 Å². The minimum absolute atomic E-state index is 0.0268. The lowest BCUT2D eigenvalue weighted by atomic mass is 10.1. The van der Waals surface area contributed by atoms with Gasteiger partial charge in [0, 0.05) is 49.2 Å². The van der Waals surface area contributed by atoms with Gasteiger partial charge in [0.05, 0.1) is 0 Å². The molecule has 0 atom stereocenters. The number of ether oxygens (including phenoxy) is 1. The van der Waals surface area contributed by atoms with Crippen molar-refractivity contribution < 1.29 is 18.3 Å². The molecule has 3 rings (SSSR count). The minimum Gasteiger partial charge on any atom is -0.434 e. The number of carbonyl (C=O) groups is 1. The van der Waals surface area contributed by atoms with E-state index in [0.717, 1.165) is 31.7 Å². The van der Waals surface area contributed by atoms with Gasteiger partial charge in [-0.1, -0.05) is 18.2 Å². The van der Waals surface area contributed by atoms with Crippen molar-refractivity contribution >= 4 is 23.4 Å². The topological polar surface area (TPSA) is 44.8 Å². The molecule has 1 amide bonds. The largest absolute Gasteiger partial charge is 0.434 e. The van der Waals surface area contributed by atoms with Crippen molar-refractivity contribution in [2.45, 2.75) is 13.5 Å². The van der Waals surface area contributed by atoms with Gasteiger partial charge in [-0.05, 0) is 49.9 Å². The molecule has 1 heterocycles. The maximum Gasteiger partial charge on any atom is 0.387 e. The molecule has 1 aliphatic rings. The molecule has 1 fully saturated rings. The number of rotatable bonds is 6. The zero-order valence-electron chi connectivity index (χ0n) is 16.6. The third-order valence-electron chi connectivity index (χ3n) is 4.86. The Morgan fingerprint density at radius 2 is 1.86 bits per heavy atom. The molecular formula is C22H25F2N3O2. The Kier molecular flexibility index (Phi) is 6.82. The first-order valence-electron chi connectivity index (χ1n) is 9.49. The molecule has 5 nitrogen and oxygen atoms in total. The summed E-state index contributed by atoms with van der Waals surface area (Å²) in [5.74, 6) is -0.317. The number of nitrogens with one attached hydrogen (secondary N) is 1. The fourth-order valence-electron chi connectivity index (χ4n) is 3.31. The van der Waals surface area contributed by atoms with E-state index >= 15 is 0 Å². The maximum atomic E-state index is 12.5. The van der Waals surface area contributed by atoms with Crippen LogP contribution < -0.4 is 15.0 Å². The monoisotopic (exact) mass is 401 g/mol. The minimum atomic E-state index is -2.92. The predicted molar refractivity (Wildman–Crippen MR) is 112 cm³/mol. The molecule has 1 aliphatic heterocycles. The first kappa shape index (κ1) is 20.8. The van der Waals surface area contributed by atoms with E-state index in [1.54, 1.807) is 18.2 Å². The van der Waals surface area contributed by atoms with Crippen LogP contribution in [0.25, 0.3) is 6.08 Å². The van der Waals surface area contributed by atoms with Crippen LogP contribution >= 0.6 is 0 Å². The molecule has 1 saturated heterocycles. The summed E-state index contributed by atoms with van der Waals surface area (Å²) in [6.07, 6.45) is 2.76. The number of aryl methyl sites for hydroxylation is 1. The second-order valence-electron chi connectivity index (χ2n) is 7.03. The van der Waals surface area contributed by atoms with Crippen LogP contribution in [0.15, 0.2) is 48.5 Å². The standard InChI is InChI=1S/C22H25F2N3O2/c1-16-15-18(8-9-19(16)27-13-11-26(2)12-14-27)25-21(28)10-7-17-5-3-4-6-20(17)29-22(23)24/h3-10,15,22H,11-14H2,1-2H3,(H,25,28). The van der Waals surface area contributed by atoms with Gasteiger partial charge in [-0.2, -0.15) is 8.78 Å². The highest BCUT2D eigenvalue weighted by atomic mass is 19.3. The average Bonchev–Trinajstić information content (AvgIpc) is 2.68. The zero-order valence-corrected chi connectivity index (χ0v) is 16.6. The van der Waals surface area contributed by atoms with Crippen LogP contribution in [0.5, 0.6) is 5.75 Å². The summed E-state index contributed by atoms with van der Waals surface area (Å²) in [7, 11) is 2.12. The lowest BCUT2D eigenvalue weighted by Crippen LogP contribution is -2.44. The number of piperazine rings is 1. The van der Waals surface area contributed by atoms with Crippen LogP contribution in [0.2, 0.25) is 0 Å². The van der Waals surface area contributed by atoms with Gasteiger partial charge in [-0.15, -0.1) is 0 Å². The van der Waals surface area contributed by atoms with Crippen LogP contribution in [0.4, 0.5) is 20.2 Å². The summed E-state index contributed by atoms with van der Waals surface area (Å²) < 4.78 is 29.4. The fraction of sp³-hybridized carbons (Fsp3) is 0.318. The van der Waals surface area contributed by atoms with Crippen molar-refractivity contribution in [3.05, 3.63) is 59.7 Å². The Balaban J connectivity index is 1.64. The van der Waals surface area contributed by atoms with E-state index in [0.29, 0.717) is 11.3 Å². The molecular weight excluding hydrogens is 376 g/mol. The smallest absolute Gasteiger partial charge is 0.387 e. The fourth-order valence-corrected chi connectivity index (χ4v) is 3.31. The maximum absolute atomic E-state index is 12.5. The number of para-hydroxylation sites is 1. The van der Waals surface area contributed by atoms with Crippen LogP contribution in [0.1, 0.15) is 11.1 Å². The number of carbonyl (C=O) groups excluding carboxylic acids is 1. The van der Waals surface area contributed by atoms with E-state index in [1.807, 2.05) is 25.1 Å². The Hall–Kier alpha value is -2.93. The molecule has 0 spiro atoms. The Bertz CT molecular complexity index is 878. The van der Waals surface area contributed by atoms with E-state index in [9.17, 15) is 13.6 Å². The summed E-state index contributed by atoms with van der Waals surface area (Å²) in [6.45, 7) is 3.12. The summed E-state index contributed by atoms with van der Waals surface area (Å²) >= 11 is 0. The number of benzene rings is 2. The summed E-state index contributed by atoms with van der Waals surface area (Å²) in [5.41, 5.74) is 3.36. The number of alkyl halides is 2. The molecule has 2 aromatic carbocycles. The highest BCUT2D eigenvalue weighted by Gasteiger charge is 2.16. The first-order valence-corrected chi connectivity index (χ1v) is 9.49. The molecule has 1 N–H and O–H groups in total. The number of hydrogen-bond donors (Lipinski definition) is 1. The van der Waals surface area contributed by atoms with Gasteiger partial charge in [0.1, 0.15) is 5.75 Å². The Morgan fingerprint density at radius 3 is 2.55 bits per heavy atom. The van der Waals surface area contributed by atoms with Crippen molar-refractivity contribution in [1.29, 1.82) is 0 Å². The van der Waals surface area contributed by atoms with E-state index < -0.39 is 6.61 Å². The predicted octanol–water partition coefficient (Wildman–Crippen LogP) is 4.00. The zero-order chi connectivity index (χ0) is 20.8. The molecule has 0 aromatic heterocycles. The third kappa shape index (κ3) is 5.77. The van der Waals surface area contributed by atoms with Gasteiger partial charge in [-0.3, -0.25) is 4.79 Å². The number of hydrogen-bond acceptors (Lipinski definition) is 4. The molecule has 7 heteroatoms. The SMILES string of the molecule is Cc1cc(NC(=O)C=Cc2ccccc2OC(F)F)ccc1N1CCN(C)CC1. The van der Waals surface area contributed by atoms with Crippen LogP contribution in [-0.2, 0) is 4.79 Å². The van der Waals surface area contributed by atoms with Gasteiger partial charge in [0.15, 0.2) is 0 Å². The first-order chi connectivity index (χ1) is 13.9. The van der Waals surface area contributed by atoms with Crippen LogP contribution in [-0.4, -0.2) is 50.6 Å². The number of amides is 1. The highest BCUT2D eigenvalue weighted by molar-refractivity contribution is 6.02. The number of halogens is 2. The second-order valence-corrected chi connectivity index (χ2v) is 7.03. The normalized spacial score (nSPS) is 15.1. The quantitative estimate of drug-likeness (QED) is 0.744. The molecule has 0 unspecified atom stereocenters. The van der Waals surface area contributed by atoms with Gasteiger partial charge in [-0.25, -0.2) is 0 Å². The number of nitrogens with zero attached hydrogens (tertiary/aromatic N) is 2. The van der Waals surface area contributed by atoms with Crippen molar-refractivity contribution in [3.63, 3.8) is 0 Å². The third-order valence-corrected chi connectivity index (χ3v) is 4.86. The van der Waals surface area contributed by atoms with E-state index in [1.165, 1.54) is 23.9 Å². The van der Waals surface area contributed by atoms with Crippen LogP contribution in [0, 0.1) is 6.92 Å². The summed E-state index contributed by atoms with van der Waals surface area (Å²) in [5, 5.41) is 2.81. The van der Waals surface area contributed by atoms with Crippen molar-refractivity contribution in [1.82, 2.24) is 4.90 Å². The lowest BCUT2D eigenvalue weighted by Gasteiger charge is -2.35. The summed E-state index contributed by atoms with van der Waals surface area (Å²) in [4.78, 5) is 16.9. The molecule has 2 aromatic rings. The van der Waals surface area contributed by atoms with Crippen molar-refractivity contribution in [2.75, 3.05) is 43.4 Å². The second kappa shape index (κ2) is 9.52. The van der Waals surface area contributed by atoms with E-state index in [-0.39, 0.29) is 11.7 Å². The molecule has 154 valence electrons. The van der Waals surface area contributed by atoms with E-state index in [2.05, 4.69) is 26.9 Å². The molecule has 29 heavy (non-hydrogen) atoms. The van der Waals surface area contributed by atoms with E-state index in [4.69, 9.17) is 0 Å². The van der Waals surface area contributed by atoms with Gasteiger partial charge in [0.2, 0.25) is 5.91 Å². The average molecular weight is 401 g/mol. The Morgan fingerprint density at radius 1 is 1.14 bits per heavy atom. The molecule has 0 radical (unpaired) electrons.